The Morgan fingerprint density at radius 3 is 2.54 bits per heavy atom. The predicted octanol–water partition coefficient (Wildman–Crippen LogP) is 5.90. The number of carbonyl (C=O) groups excluding carboxylic acids is 2. The smallest absolute Gasteiger partial charge is 0.410 e. The van der Waals surface area contributed by atoms with Crippen molar-refractivity contribution in [2.75, 3.05) is 20.2 Å². The average molecular weight is 522 g/mol. The number of benzene rings is 1. The second-order valence-electron chi connectivity index (χ2n) is 11.0. The van der Waals surface area contributed by atoms with E-state index in [-0.39, 0.29) is 17.4 Å². The Labute approximate surface area is 216 Å². The number of thiazole rings is 1. The third kappa shape index (κ3) is 7.34. The number of amides is 2. The summed E-state index contributed by atoms with van der Waals surface area (Å²) in [6.45, 7) is 14.0. The molecule has 1 aliphatic heterocycles. The van der Waals surface area contributed by atoms with E-state index in [4.69, 9.17) is 21.1 Å². The highest BCUT2D eigenvalue weighted by atomic mass is 35.5. The third-order valence-corrected chi connectivity index (χ3v) is 7.36. The highest BCUT2D eigenvalue weighted by Gasteiger charge is 2.28. The lowest BCUT2D eigenvalue weighted by molar-refractivity contribution is 0.0157. The van der Waals surface area contributed by atoms with Crippen molar-refractivity contribution in [1.29, 1.82) is 0 Å². The summed E-state index contributed by atoms with van der Waals surface area (Å²) in [5.74, 6) is 0.260. The molecule has 1 atom stereocenters. The Kier molecular flexibility index (Phi) is 8.37. The fourth-order valence-electron chi connectivity index (χ4n) is 3.92. The van der Waals surface area contributed by atoms with Crippen molar-refractivity contribution in [3.05, 3.63) is 44.7 Å². The number of hydrogen-bond donors (Lipinski definition) is 0. The quantitative estimate of drug-likeness (QED) is 0.502. The van der Waals surface area contributed by atoms with Crippen molar-refractivity contribution in [3.63, 3.8) is 0 Å². The minimum absolute atomic E-state index is 0.0912. The lowest BCUT2D eigenvalue weighted by Gasteiger charge is -2.34. The molecule has 35 heavy (non-hydrogen) atoms. The summed E-state index contributed by atoms with van der Waals surface area (Å²) in [6.07, 6.45) is 3.70. The van der Waals surface area contributed by atoms with E-state index in [1.165, 1.54) is 18.4 Å². The van der Waals surface area contributed by atoms with Gasteiger partial charge in [0.1, 0.15) is 11.4 Å². The molecule has 1 fully saturated rings. The van der Waals surface area contributed by atoms with Crippen molar-refractivity contribution in [1.82, 2.24) is 9.47 Å². The molecule has 1 unspecified atom stereocenters. The molecule has 3 rings (SSSR count). The van der Waals surface area contributed by atoms with Gasteiger partial charge in [-0.3, -0.25) is 4.79 Å². The molecular formula is C26H36ClN3O4S. The summed E-state index contributed by atoms with van der Waals surface area (Å²) in [5, 5.41) is 0.447. The Morgan fingerprint density at radius 1 is 1.20 bits per heavy atom. The van der Waals surface area contributed by atoms with Gasteiger partial charge < -0.3 is 18.9 Å². The number of aromatic nitrogens is 1. The van der Waals surface area contributed by atoms with Crippen molar-refractivity contribution in [2.24, 2.45) is 10.9 Å². The maximum Gasteiger partial charge on any atom is 0.410 e. The van der Waals surface area contributed by atoms with Crippen LogP contribution in [0.5, 0.6) is 5.75 Å². The molecule has 0 spiro atoms. The van der Waals surface area contributed by atoms with Crippen LogP contribution in [0, 0.1) is 5.92 Å². The first-order valence-corrected chi connectivity index (χ1v) is 13.1. The van der Waals surface area contributed by atoms with E-state index in [0.29, 0.717) is 40.8 Å². The lowest BCUT2D eigenvalue weighted by Crippen LogP contribution is -2.44. The number of ether oxygens (including phenoxy) is 2. The molecule has 0 saturated carbocycles. The summed E-state index contributed by atoms with van der Waals surface area (Å²) in [5.41, 5.74) is -0.292. The standard InChI is InChI=1S/C26H36ClN3O4S/c1-25(2,3)21-16-30(15-17-9-8-12-29(14-17)24(32)34-26(4,5)6)23(35-21)28-22(31)19-13-18(27)10-11-20(19)33-7/h10-11,13,16-17H,8-9,12,14-15H2,1-7H3/b28-23-. The highest BCUT2D eigenvalue weighted by molar-refractivity contribution is 7.09. The van der Waals surface area contributed by atoms with Gasteiger partial charge in [-0.25, -0.2) is 4.79 Å². The number of hydrogen-bond acceptors (Lipinski definition) is 5. The molecule has 0 bridgehead atoms. The molecule has 1 aliphatic rings. The van der Waals surface area contributed by atoms with Gasteiger partial charge in [0.2, 0.25) is 0 Å². The number of piperidine rings is 1. The maximum atomic E-state index is 13.1. The van der Waals surface area contributed by atoms with E-state index >= 15 is 0 Å². The van der Waals surface area contributed by atoms with Gasteiger partial charge in [-0.05, 0) is 63.1 Å². The zero-order valence-corrected chi connectivity index (χ0v) is 23.3. The van der Waals surface area contributed by atoms with Crippen LogP contribution in [0.1, 0.15) is 69.6 Å². The molecule has 2 amide bonds. The van der Waals surface area contributed by atoms with Crippen LogP contribution in [0.2, 0.25) is 5.02 Å². The van der Waals surface area contributed by atoms with E-state index in [9.17, 15) is 9.59 Å². The number of nitrogens with zero attached hydrogens (tertiary/aromatic N) is 3. The molecule has 0 aliphatic carbocycles. The van der Waals surface area contributed by atoms with E-state index in [1.807, 2.05) is 25.3 Å². The first kappa shape index (κ1) is 27.3. The molecule has 1 saturated heterocycles. The predicted molar refractivity (Wildman–Crippen MR) is 139 cm³/mol. The number of rotatable bonds is 4. The number of methoxy groups -OCH3 is 1. The molecule has 192 valence electrons. The van der Waals surface area contributed by atoms with Crippen LogP contribution in [0.25, 0.3) is 0 Å². The fourth-order valence-corrected chi connectivity index (χ4v) is 5.15. The molecule has 2 aromatic rings. The van der Waals surface area contributed by atoms with Crippen LogP contribution in [-0.4, -0.2) is 47.3 Å². The zero-order valence-electron chi connectivity index (χ0n) is 21.7. The van der Waals surface area contributed by atoms with Gasteiger partial charge in [-0.2, -0.15) is 4.99 Å². The van der Waals surface area contributed by atoms with Gasteiger partial charge in [-0.15, -0.1) is 11.3 Å². The Balaban J connectivity index is 1.90. The Morgan fingerprint density at radius 2 is 1.91 bits per heavy atom. The summed E-state index contributed by atoms with van der Waals surface area (Å²) >= 11 is 7.64. The van der Waals surface area contributed by atoms with Crippen molar-refractivity contribution < 1.29 is 19.1 Å². The summed E-state index contributed by atoms with van der Waals surface area (Å²) < 4.78 is 13.0. The topological polar surface area (TPSA) is 73.1 Å². The minimum Gasteiger partial charge on any atom is -0.496 e. The second kappa shape index (κ2) is 10.7. The lowest BCUT2D eigenvalue weighted by atomic mass is 9.95. The zero-order chi connectivity index (χ0) is 26.0. The van der Waals surface area contributed by atoms with Crippen LogP contribution in [-0.2, 0) is 16.7 Å². The van der Waals surface area contributed by atoms with E-state index in [1.54, 1.807) is 23.1 Å². The highest BCUT2D eigenvalue weighted by Crippen LogP contribution is 2.27. The van der Waals surface area contributed by atoms with Gasteiger partial charge in [0.15, 0.2) is 4.80 Å². The number of likely N-dealkylation sites (tertiary alicyclic amines) is 1. The molecule has 0 N–H and O–H groups in total. The fraction of sp³-hybridized carbons (Fsp3) is 0.577. The molecule has 2 heterocycles. The first-order chi connectivity index (χ1) is 16.3. The molecule has 7 nitrogen and oxygen atoms in total. The number of carbonyl (C=O) groups is 2. The molecule has 0 radical (unpaired) electrons. The monoisotopic (exact) mass is 521 g/mol. The molecular weight excluding hydrogens is 486 g/mol. The molecule has 1 aromatic heterocycles. The van der Waals surface area contributed by atoms with Gasteiger partial charge in [0.25, 0.3) is 5.91 Å². The van der Waals surface area contributed by atoms with Crippen LogP contribution >= 0.6 is 22.9 Å². The van der Waals surface area contributed by atoms with Crippen molar-refractivity contribution in [2.45, 2.75) is 71.9 Å². The van der Waals surface area contributed by atoms with Crippen molar-refractivity contribution >= 4 is 34.9 Å². The first-order valence-electron chi connectivity index (χ1n) is 11.9. The third-order valence-electron chi connectivity index (χ3n) is 5.67. The van der Waals surface area contributed by atoms with Gasteiger partial charge in [-0.1, -0.05) is 32.4 Å². The molecule has 1 aromatic carbocycles. The normalized spacial score (nSPS) is 17.4. The minimum atomic E-state index is -0.526. The number of halogens is 1. The summed E-state index contributed by atoms with van der Waals surface area (Å²) in [4.78, 5) is 33.8. The second-order valence-corrected chi connectivity index (χ2v) is 12.4. The maximum absolute atomic E-state index is 13.1. The Bertz CT molecular complexity index is 1140. The van der Waals surface area contributed by atoms with Gasteiger partial charge in [0.05, 0.1) is 12.7 Å². The van der Waals surface area contributed by atoms with E-state index < -0.39 is 11.5 Å². The SMILES string of the molecule is COc1ccc(Cl)cc1C(=O)/N=c1\sc(C(C)(C)C)cn1CC1CCCN(C(=O)OC(C)(C)C)C1. The van der Waals surface area contributed by atoms with Gasteiger partial charge >= 0.3 is 6.09 Å². The Hall–Kier alpha value is -2.32. The van der Waals surface area contributed by atoms with Crippen LogP contribution in [0.3, 0.4) is 0 Å². The summed E-state index contributed by atoms with van der Waals surface area (Å²) in [6, 6.07) is 4.93. The van der Waals surface area contributed by atoms with Crippen LogP contribution in [0.15, 0.2) is 29.4 Å². The largest absolute Gasteiger partial charge is 0.496 e. The van der Waals surface area contributed by atoms with E-state index in [0.717, 1.165) is 17.7 Å². The average Bonchev–Trinajstić information content (AvgIpc) is 3.15. The van der Waals surface area contributed by atoms with Crippen LogP contribution in [0.4, 0.5) is 4.79 Å². The van der Waals surface area contributed by atoms with E-state index in [2.05, 4.69) is 32.0 Å². The molecule has 9 heteroatoms. The van der Waals surface area contributed by atoms with Gasteiger partial charge in [0, 0.05) is 35.7 Å². The van der Waals surface area contributed by atoms with Crippen molar-refractivity contribution in [3.8, 4) is 5.75 Å². The van der Waals surface area contributed by atoms with Crippen LogP contribution < -0.4 is 9.54 Å². The summed E-state index contributed by atoms with van der Waals surface area (Å²) in [7, 11) is 1.52.